The third-order valence-corrected chi connectivity index (χ3v) is 4.36. The van der Waals surface area contributed by atoms with E-state index in [4.69, 9.17) is 4.52 Å². The highest BCUT2D eigenvalue weighted by molar-refractivity contribution is 6.04. The molecule has 0 fully saturated rings. The molecule has 4 aromatic rings. The lowest BCUT2D eigenvalue weighted by molar-refractivity contribution is 0.0175. The Morgan fingerprint density at radius 1 is 1.21 bits per heavy atom. The Morgan fingerprint density at radius 2 is 2.04 bits per heavy atom. The van der Waals surface area contributed by atoms with E-state index in [1.807, 2.05) is 19.1 Å². The van der Waals surface area contributed by atoms with Crippen LogP contribution in [0.3, 0.4) is 0 Å². The molecule has 142 valence electrons. The van der Waals surface area contributed by atoms with Crippen LogP contribution in [0.4, 0.5) is 14.5 Å². The average molecular weight is 383 g/mol. The molecule has 0 atom stereocenters. The topological polar surface area (TPSA) is 85.3 Å². The van der Waals surface area contributed by atoms with Crippen LogP contribution in [0, 0.1) is 6.92 Å². The summed E-state index contributed by atoms with van der Waals surface area (Å²) in [6.45, 7) is 2.66. The van der Waals surface area contributed by atoms with Gasteiger partial charge in [-0.05, 0) is 30.7 Å². The number of benzene rings is 1. The molecule has 3 heterocycles. The number of pyridine rings is 1. The van der Waals surface area contributed by atoms with Crippen LogP contribution in [0.5, 0.6) is 0 Å². The Hall–Kier alpha value is -3.62. The lowest BCUT2D eigenvalue weighted by Crippen LogP contribution is -2.15. The molecule has 3 aromatic heterocycles. The Bertz CT molecular complexity index is 1160. The normalized spacial score (nSPS) is 11.7. The van der Waals surface area contributed by atoms with Gasteiger partial charge in [0.25, 0.3) is 11.8 Å². The summed E-state index contributed by atoms with van der Waals surface area (Å²) in [6, 6.07) is 7.91. The number of nitrogens with zero attached hydrogens (tertiary/aromatic N) is 4. The highest BCUT2D eigenvalue weighted by atomic mass is 19.3. The maximum Gasteiger partial charge on any atom is 0.274 e. The molecule has 4 rings (SSSR count). The van der Waals surface area contributed by atoms with Crippen LogP contribution < -0.4 is 5.32 Å². The minimum absolute atomic E-state index is 0.166. The van der Waals surface area contributed by atoms with Crippen molar-refractivity contribution >= 4 is 17.2 Å². The molecule has 1 amide bonds. The minimum atomic E-state index is -2.98. The molecule has 1 N–H and O–H groups in total. The number of aromatic nitrogens is 4. The monoisotopic (exact) mass is 383 g/mol. The first-order valence-corrected chi connectivity index (χ1v) is 8.37. The first-order chi connectivity index (χ1) is 13.3. The van der Waals surface area contributed by atoms with Crippen molar-refractivity contribution in [2.45, 2.75) is 19.8 Å². The van der Waals surface area contributed by atoms with Crippen LogP contribution in [-0.2, 0) is 5.92 Å². The number of anilines is 1. The van der Waals surface area contributed by atoms with Crippen LogP contribution >= 0.6 is 0 Å². The van der Waals surface area contributed by atoms with Crippen molar-refractivity contribution in [2.75, 3.05) is 5.32 Å². The lowest BCUT2D eigenvalue weighted by atomic mass is 10.1. The second-order valence-corrected chi connectivity index (χ2v) is 6.41. The van der Waals surface area contributed by atoms with Crippen LogP contribution in [0.1, 0.15) is 28.5 Å². The summed E-state index contributed by atoms with van der Waals surface area (Å²) in [5.74, 6) is -3.00. The van der Waals surface area contributed by atoms with Crippen molar-refractivity contribution in [3.05, 3.63) is 65.9 Å². The number of alkyl halides is 2. The van der Waals surface area contributed by atoms with Gasteiger partial charge in [0.05, 0.1) is 6.20 Å². The Morgan fingerprint density at radius 3 is 2.75 bits per heavy atom. The van der Waals surface area contributed by atoms with Crippen molar-refractivity contribution in [1.82, 2.24) is 19.5 Å². The SMILES string of the molecule is Cc1ccc(-c2ncon2)cc1NC(=O)c1cnc2cc(C(C)(F)F)ccn12. The second-order valence-electron chi connectivity index (χ2n) is 6.41. The second kappa shape index (κ2) is 6.52. The molecule has 0 saturated carbocycles. The summed E-state index contributed by atoms with van der Waals surface area (Å²) in [5.41, 5.74) is 2.41. The third kappa shape index (κ3) is 3.22. The van der Waals surface area contributed by atoms with Gasteiger partial charge < -0.3 is 9.84 Å². The van der Waals surface area contributed by atoms with Crippen molar-refractivity contribution in [1.29, 1.82) is 0 Å². The Kier molecular flexibility index (Phi) is 4.14. The number of aryl methyl sites for hydroxylation is 1. The number of hydrogen-bond donors (Lipinski definition) is 1. The van der Waals surface area contributed by atoms with Crippen LogP contribution in [0.2, 0.25) is 0 Å². The van der Waals surface area contributed by atoms with E-state index in [2.05, 4.69) is 20.4 Å². The van der Waals surface area contributed by atoms with Gasteiger partial charge in [0, 0.05) is 29.9 Å². The standard InChI is InChI=1S/C19H15F2N5O2/c1-11-3-4-12(17-23-10-28-25-17)7-14(11)24-18(27)15-9-22-16-8-13(19(2,20)21)5-6-26(15)16/h3-10H,1-2H3,(H,24,27). The van der Waals surface area contributed by atoms with Crippen molar-refractivity contribution in [3.8, 4) is 11.4 Å². The summed E-state index contributed by atoms with van der Waals surface area (Å²) < 4.78 is 33.2. The maximum absolute atomic E-state index is 13.5. The quantitative estimate of drug-likeness (QED) is 0.574. The molecule has 0 bridgehead atoms. The highest BCUT2D eigenvalue weighted by Crippen LogP contribution is 2.28. The Balaban J connectivity index is 1.65. The Labute approximate surface area is 158 Å². The predicted molar refractivity (Wildman–Crippen MR) is 97.2 cm³/mol. The molecule has 0 unspecified atom stereocenters. The predicted octanol–water partition coefficient (Wildman–Crippen LogP) is 4.06. The summed E-state index contributed by atoms with van der Waals surface area (Å²) in [6.07, 6.45) is 3.98. The summed E-state index contributed by atoms with van der Waals surface area (Å²) in [5, 5.41) is 6.60. The van der Waals surface area contributed by atoms with E-state index in [1.54, 1.807) is 6.07 Å². The van der Waals surface area contributed by atoms with E-state index in [0.717, 1.165) is 12.5 Å². The molecular formula is C19H15F2N5O2. The molecule has 0 saturated heterocycles. The van der Waals surface area contributed by atoms with Gasteiger partial charge in [0.2, 0.25) is 12.2 Å². The molecule has 0 radical (unpaired) electrons. The van der Waals surface area contributed by atoms with Crippen molar-refractivity contribution in [3.63, 3.8) is 0 Å². The number of carbonyl (C=O) groups excluding carboxylic acids is 1. The molecule has 0 aliphatic heterocycles. The van der Waals surface area contributed by atoms with E-state index in [9.17, 15) is 13.6 Å². The first-order valence-electron chi connectivity index (χ1n) is 8.37. The zero-order valence-electron chi connectivity index (χ0n) is 15.0. The van der Waals surface area contributed by atoms with Gasteiger partial charge in [0.15, 0.2) is 0 Å². The summed E-state index contributed by atoms with van der Waals surface area (Å²) >= 11 is 0. The minimum Gasteiger partial charge on any atom is -0.342 e. The molecule has 0 spiro atoms. The van der Waals surface area contributed by atoms with E-state index in [1.165, 1.54) is 35.3 Å². The molecule has 1 aromatic carbocycles. The molecule has 0 aliphatic carbocycles. The number of hydrogen-bond acceptors (Lipinski definition) is 5. The molecule has 7 nitrogen and oxygen atoms in total. The smallest absolute Gasteiger partial charge is 0.274 e. The first kappa shape index (κ1) is 17.8. The van der Waals surface area contributed by atoms with Gasteiger partial charge in [-0.15, -0.1) is 0 Å². The number of amides is 1. The number of imidazole rings is 1. The van der Waals surface area contributed by atoms with Gasteiger partial charge in [-0.3, -0.25) is 9.20 Å². The van der Waals surface area contributed by atoms with Crippen LogP contribution in [0.15, 0.2) is 53.6 Å². The zero-order valence-corrected chi connectivity index (χ0v) is 15.0. The van der Waals surface area contributed by atoms with E-state index < -0.39 is 11.8 Å². The fraction of sp³-hybridized carbons (Fsp3) is 0.158. The fourth-order valence-electron chi connectivity index (χ4n) is 2.80. The lowest BCUT2D eigenvalue weighted by Gasteiger charge is -2.11. The van der Waals surface area contributed by atoms with Crippen LogP contribution in [0.25, 0.3) is 17.0 Å². The van der Waals surface area contributed by atoms with Gasteiger partial charge in [-0.1, -0.05) is 17.3 Å². The van der Waals surface area contributed by atoms with Gasteiger partial charge in [-0.25, -0.2) is 13.8 Å². The number of rotatable bonds is 4. The highest BCUT2D eigenvalue weighted by Gasteiger charge is 2.25. The van der Waals surface area contributed by atoms with Crippen LogP contribution in [-0.4, -0.2) is 25.4 Å². The third-order valence-electron chi connectivity index (χ3n) is 4.36. The summed E-state index contributed by atoms with van der Waals surface area (Å²) in [4.78, 5) is 20.8. The largest absolute Gasteiger partial charge is 0.342 e. The summed E-state index contributed by atoms with van der Waals surface area (Å²) in [7, 11) is 0. The van der Waals surface area contributed by atoms with Gasteiger partial charge in [0.1, 0.15) is 11.3 Å². The number of nitrogens with one attached hydrogen (secondary N) is 1. The van der Waals surface area contributed by atoms with E-state index >= 15 is 0 Å². The number of halogens is 2. The van der Waals surface area contributed by atoms with Crippen molar-refractivity contribution in [2.24, 2.45) is 0 Å². The van der Waals surface area contributed by atoms with Gasteiger partial charge >= 0.3 is 0 Å². The number of carbonyl (C=O) groups is 1. The fourth-order valence-corrected chi connectivity index (χ4v) is 2.80. The van der Waals surface area contributed by atoms with Crippen molar-refractivity contribution < 1.29 is 18.1 Å². The zero-order chi connectivity index (χ0) is 19.9. The van der Waals surface area contributed by atoms with Gasteiger partial charge in [-0.2, -0.15) is 4.98 Å². The molecular weight excluding hydrogens is 368 g/mol. The number of fused-ring (bicyclic) bond motifs is 1. The molecule has 9 heteroatoms. The molecule has 0 aliphatic rings. The average Bonchev–Trinajstić information content (AvgIpc) is 3.32. The van der Waals surface area contributed by atoms with E-state index in [0.29, 0.717) is 17.1 Å². The molecule has 28 heavy (non-hydrogen) atoms. The maximum atomic E-state index is 13.5. The van der Waals surface area contributed by atoms with E-state index in [-0.39, 0.29) is 16.9 Å².